The molecule has 3 N–H and O–H groups in total. The first kappa shape index (κ1) is 14.3. The zero-order chi connectivity index (χ0) is 12.5. The predicted octanol–water partition coefficient (Wildman–Crippen LogP) is 1.57. The third-order valence-electron chi connectivity index (χ3n) is 3.39. The maximum Gasteiger partial charge on any atom is 0.188 e. The molecule has 1 saturated carbocycles. The van der Waals surface area contributed by atoms with Crippen LogP contribution in [0.5, 0.6) is 0 Å². The summed E-state index contributed by atoms with van der Waals surface area (Å²) in [5, 5.41) is 3.31. The second-order valence-electron chi connectivity index (χ2n) is 4.83. The molecule has 0 aromatic carbocycles. The molecule has 4 nitrogen and oxygen atoms in total. The lowest BCUT2D eigenvalue weighted by Gasteiger charge is -2.18. The second kappa shape index (κ2) is 8.34. The Hall–Kier alpha value is -0.770. The number of nitrogens with zero attached hydrogens (tertiary/aromatic N) is 2. The van der Waals surface area contributed by atoms with E-state index in [1.54, 1.807) is 0 Å². The van der Waals surface area contributed by atoms with Gasteiger partial charge in [-0.15, -0.1) is 0 Å². The molecular weight excluding hydrogens is 212 g/mol. The van der Waals surface area contributed by atoms with Gasteiger partial charge in [0.1, 0.15) is 0 Å². The Kier molecular flexibility index (Phi) is 7.01. The first-order chi connectivity index (χ1) is 8.26. The van der Waals surface area contributed by atoms with Gasteiger partial charge >= 0.3 is 0 Å². The molecule has 1 rings (SSSR count). The van der Waals surface area contributed by atoms with Gasteiger partial charge in [-0.25, -0.2) is 0 Å². The average Bonchev–Trinajstić information content (AvgIpc) is 2.80. The highest BCUT2D eigenvalue weighted by atomic mass is 15.2. The number of nitrogens with one attached hydrogen (secondary N) is 1. The minimum absolute atomic E-state index is 0.566. The van der Waals surface area contributed by atoms with Crippen molar-refractivity contribution < 1.29 is 0 Å². The topological polar surface area (TPSA) is 53.6 Å². The molecule has 0 amide bonds. The molecule has 100 valence electrons. The van der Waals surface area contributed by atoms with Crippen LogP contribution in [-0.4, -0.2) is 43.1 Å². The lowest BCUT2D eigenvalue weighted by atomic mass is 10.2. The third-order valence-corrected chi connectivity index (χ3v) is 3.39. The van der Waals surface area contributed by atoms with Crippen LogP contribution in [0.15, 0.2) is 4.99 Å². The Morgan fingerprint density at radius 3 is 2.59 bits per heavy atom. The van der Waals surface area contributed by atoms with Gasteiger partial charge in [0.2, 0.25) is 0 Å². The first-order valence-electron chi connectivity index (χ1n) is 7.05. The largest absolute Gasteiger partial charge is 0.370 e. The minimum Gasteiger partial charge on any atom is -0.370 e. The molecule has 0 aromatic heterocycles. The second-order valence-corrected chi connectivity index (χ2v) is 4.83. The van der Waals surface area contributed by atoms with E-state index >= 15 is 0 Å². The molecule has 0 aliphatic heterocycles. The number of guanidine groups is 1. The molecule has 4 heteroatoms. The highest BCUT2D eigenvalue weighted by molar-refractivity contribution is 5.78. The van der Waals surface area contributed by atoms with E-state index in [1.807, 2.05) is 0 Å². The summed E-state index contributed by atoms with van der Waals surface area (Å²) in [7, 11) is 0. The summed E-state index contributed by atoms with van der Waals surface area (Å²) in [6.07, 6.45) is 6.34. The number of hydrogen-bond donors (Lipinski definition) is 2. The third kappa shape index (κ3) is 5.91. The van der Waals surface area contributed by atoms with Crippen LogP contribution < -0.4 is 11.1 Å². The van der Waals surface area contributed by atoms with Gasteiger partial charge in [0.15, 0.2) is 5.96 Å². The van der Waals surface area contributed by atoms with Crippen molar-refractivity contribution in [2.45, 2.75) is 52.0 Å². The summed E-state index contributed by atoms with van der Waals surface area (Å²) in [6, 6.07) is 0.566. The van der Waals surface area contributed by atoms with Crippen molar-refractivity contribution in [3.63, 3.8) is 0 Å². The Balaban J connectivity index is 2.17. The molecule has 0 aromatic rings. The average molecular weight is 240 g/mol. The van der Waals surface area contributed by atoms with Gasteiger partial charge < -0.3 is 16.0 Å². The van der Waals surface area contributed by atoms with Crippen molar-refractivity contribution in [3.8, 4) is 0 Å². The van der Waals surface area contributed by atoms with Crippen molar-refractivity contribution in [1.82, 2.24) is 10.2 Å². The van der Waals surface area contributed by atoms with Crippen molar-refractivity contribution in [3.05, 3.63) is 0 Å². The Morgan fingerprint density at radius 2 is 2.00 bits per heavy atom. The van der Waals surface area contributed by atoms with E-state index in [2.05, 4.69) is 29.1 Å². The van der Waals surface area contributed by atoms with E-state index in [-0.39, 0.29) is 0 Å². The number of nitrogens with two attached hydrogens (primary N) is 1. The van der Waals surface area contributed by atoms with Gasteiger partial charge in [-0.2, -0.15) is 0 Å². The summed E-state index contributed by atoms with van der Waals surface area (Å²) < 4.78 is 0. The number of hydrogen-bond acceptors (Lipinski definition) is 2. The van der Waals surface area contributed by atoms with E-state index in [9.17, 15) is 0 Å². The fraction of sp³-hybridized carbons (Fsp3) is 0.923. The van der Waals surface area contributed by atoms with Crippen LogP contribution in [0.1, 0.15) is 46.0 Å². The summed E-state index contributed by atoms with van der Waals surface area (Å²) in [6.45, 7) is 8.47. The smallest absolute Gasteiger partial charge is 0.188 e. The molecule has 17 heavy (non-hydrogen) atoms. The number of likely N-dealkylation sites (N-methyl/N-ethyl adjacent to an activating group) is 1. The SMILES string of the molecule is CCCN(CC)CCN=C(N)NC1CCCC1. The highest BCUT2D eigenvalue weighted by Gasteiger charge is 2.14. The van der Waals surface area contributed by atoms with Gasteiger partial charge in [-0.3, -0.25) is 4.99 Å². The molecule has 1 aliphatic carbocycles. The van der Waals surface area contributed by atoms with E-state index in [0.29, 0.717) is 12.0 Å². The van der Waals surface area contributed by atoms with Crippen molar-refractivity contribution in [1.29, 1.82) is 0 Å². The number of aliphatic imine (C=N–C) groups is 1. The van der Waals surface area contributed by atoms with Gasteiger partial charge in [0.25, 0.3) is 0 Å². The van der Waals surface area contributed by atoms with Crippen molar-refractivity contribution in [2.24, 2.45) is 10.7 Å². The zero-order valence-corrected chi connectivity index (χ0v) is 11.4. The van der Waals surface area contributed by atoms with Crippen LogP contribution >= 0.6 is 0 Å². The summed E-state index contributed by atoms with van der Waals surface area (Å²) in [4.78, 5) is 6.81. The quantitative estimate of drug-likeness (QED) is 0.524. The lowest BCUT2D eigenvalue weighted by molar-refractivity contribution is 0.297. The fourth-order valence-corrected chi connectivity index (χ4v) is 2.38. The van der Waals surface area contributed by atoms with Crippen molar-refractivity contribution in [2.75, 3.05) is 26.2 Å². The van der Waals surface area contributed by atoms with Crippen LogP contribution in [0.2, 0.25) is 0 Å². The van der Waals surface area contributed by atoms with E-state index in [0.717, 1.165) is 26.2 Å². The van der Waals surface area contributed by atoms with E-state index in [4.69, 9.17) is 5.73 Å². The van der Waals surface area contributed by atoms with Crippen LogP contribution in [0, 0.1) is 0 Å². The lowest BCUT2D eigenvalue weighted by Crippen LogP contribution is -2.39. The van der Waals surface area contributed by atoms with Gasteiger partial charge in [0.05, 0.1) is 6.54 Å². The first-order valence-corrected chi connectivity index (χ1v) is 7.05. The Bertz CT molecular complexity index is 221. The molecular formula is C13H28N4. The summed E-state index contributed by atoms with van der Waals surface area (Å²) >= 11 is 0. The normalized spacial score (nSPS) is 17.9. The van der Waals surface area contributed by atoms with Crippen LogP contribution in [0.25, 0.3) is 0 Å². The monoisotopic (exact) mass is 240 g/mol. The van der Waals surface area contributed by atoms with E-state index < -0.39 is 0 Å². The predicted molar refractivity (Wildman–Crippen MR) is 74.3 cm³/mol. The number of rotatable bonds is 7. The molecule has 0 bridgehead atoms. The Morgan fingerprint density at radius 1 is 1.29 bits per heavy atom. The van der Waals surface area contributed by atoms with Crippen LogP contribution in [0.3, 0.4) is 0 Å². The molecule has 0 unspecified atom stereocenters. The summed E-state index contributed by atoms with van der Waals surface area (Å²) in [5.74, 6) is 0.629. The molecule has 0 saturated heterocycles. The molecule has 0 heterocycles. The summed E-state index contributed by atoms with van der Waals surface area (Å²) in [5.41, 5.74) is 5.88. The minimum atomic E-state index is 0.566. The van der Waals surface area contributed by atoms with E-state index in [1.165, 1.54) is 32.1 Å². The zero-order valence-electron chi connectivity index (χ0n) is 11.4. The highest BCUT2D eigenvalue weighted by Crippen LogP contribution is 2.17. The maximum atomic E-state index is 5.88. The maximum absolute atomic E-state index is 5.88. The van der Waals surface area contributed by atoms with Gasteiger partial charge in [-0.1, -0.05) is 26.7 Å². The Labute approximate surface area is 106 Å². The molecule has 1 aliphatic rings. The van der Waals surface area contributed by atoms with Crippen LogP contribution in [0.4, 0.5) is 0 Å². The molecule has 0 radical (unpaired) electrons. The van der Waals surface area contributed by atoms with Crippen LogP contribution in [-0.2, 0) is 0 Å². The fourth-order valence-electron chi connectivity index (χ4n) is 2.38. The molecule has 0 atom stereocenters. The van der Waals surface area contributed by atoms with Crippen molar-refractivity contribution >= 4 is 5.96 Å². The molecule has 0 spiro atoms. The standard InChI is InChI=1S/C13H28N4/c1-3-10-17(4-2)11-9-15-13(14)16-12-7-5-6-8-12/h12H,3-11H2,1-2H3,(H3,14,15,16). The van der Waals surface area contributed by atoms with Gasteiger partial charge in [-0.05, 0) is 32.4 Å². The molecule has 1 fully saturated rings. The van der Waals surface area contributed by atoms with Gasteiger partial charge in [0, 0.05) is 12.6 Å².